The lowest BCUT2D eigenvalue weighted by molar-refractivity contribution is -0.125. The molecule has 1 rings (SSSR count). The third kappa shape index (κ3) is 5.39. The van der Waals surface area contributed by atoms with Crippen LogP contribution >= 0.6 is 0 Å². The van der Waals surface area contributed by atoms with E-state index in [1.54, 1.807) is 19.1 Å². The first-order chi connectivity index (χ1) is 11.2. The number of benzene rings is 1. The molecule has 0 aliphatic carbocycles. The van der Waals surface area contributed by atoms with Crippen LogP contribution in [0.25, 0.3) is 0 Å². The van der Waals surface area contributed by atoms with E-state index in [1.807, 2.05) is 19.9 Å². The maximum absolute atomic E-state index is 11.9. The van der Waals surface area contributed by atoms with Crippen LogP contribution in [0, 0.1) is 17.2 Å². The molecule has 0 saturated carbocycles. The quantitative estimate of drug-likeness (QED) is 0.773. The first-order valence-electron chi connectivity index (χ1n) is 7.45. The number of carbonyl (C=O) groups is 3. The van der Waals surface area contributed by atoms with Gasteiger partial charge in [0.2, 0.25) is 5.91 Å². The number of anilines is 1. The van der Waals surface area contributed by atoms with Crippen LogP contribution in [0.2, 0.25) is 0 Å². The molecule has 0 unspecified atom stereocenters. The number of ether oxygens (including phenoxy) is 1. The van der Waals surface area contributed by atoms with Crippen LogP contribution < -0.4 is 10.6 Å². The molecule has 0 aliphatic heterocycles. The Bertz CT molecular complexity index is 661. The summed E-state index contributed by atoms with van der Waals surface area (Å²) in [5, 5.41) is 14.3. The van der Waals surface area contributed by atoms with Gasteiger partial charge < -0.3 is 15.4 Å². The van der Waals surface area contributed by atoms with Crippen LogP contribution in [0.1, 0.15) is 38.1 Å². The summed E-state index contributed by atoms with van der Waals surface area (Å²) in [7, 11) is 0. The molecule has 0 heterocycles. The summed E-state index contributed by atoms with van der Waals surface area (Å²) in [6, 6.07) is 8.13. The fourth-order valence-electron chi connectivity index (χ4n) is 1.73. The van der Waals surface area contributed by atoms with Crippen LogP contribution in [-0.2, 0) is 14.3 Å². The Balaban J connectivity index is 2.58. The first kappa shape index (κ1) is 19.2. The van der Waals surface area contributed by atoms with Gasteiger partial charge in [-0.05, 0) is 37.1 Å². The smallest absolute Gasteiger partial charge is 0.338 e. The highest BCUT2D eigenvalue weighted by molar-refractivity contribution is 5.93. The van der Waals surface area contributed by atoms with Crippen molar-refractivity contribution in [3.05, 3.63) is 29.8 Å². The third-order valence-corrected chi connectivity index (χ3v) is 3.56. The minimum absolute atomic E-state index is 0.0940. The lowest BCUT2D eigenvalue weighted by Gasteiger charge is -2.27. The first-order valence-corrected chi connectivity index (χ1v) is 7.45. The number of hydrogen-bond acceptors (Lipinski definition) is 5. The molecule has 1 atom stereocenters. The Hall–Kier alpha value is -2.88. The van der Waals surface area contributed by atoms with Crippen molar-refractivity contribution >= 4 is 23.5 Å². The van der Waals surface area contributed by atoms with Crippen molar-refractivity contribution in [1.29, 1.82) is 5.26 Å². The molecular weight excluding hydrogens is 310 g/mol. The number of nitrogens with zero attached hydrogens (tertiary/aromatic N) is 1. The van der Waals surface area contributed by atoms with E-state index in [2.05, 4.69) is 10.6 Å². The highest BCUT2D eigenvalue weighted by Gasteiger charge is 2.30. The third-order valence-electron chi connectivity index (χ3n) is 3.56. The molecule has 0 spiro atoms. The molecule has 7 heteroatoms. The summed E-state index contributed by atoms with van der Waals surface area (Å²) < 4.78 is 4.93. The minimum atomic E-state index is -1.02. The zero-order chi connectivity index (χ0) is 18.3. The number of carbonyl (C=O) groups excluding carboxylic acids is 3. The molecule has 0 radical (unpaired) electrons. The second-order valence-corrected chi connectivity index (χ2v) is 5.85. The van der Waals surface area contributed by atoms with Gasteiger partial charge in [-0.1, -0.05) is 13.8 Å². The number of esters is 1. The molecule has 2 amide bonds. The lowest BCUT2D eigenvalue weighted by atomic mass is 9.90. The van der Waals surface area contributed by atoms with Crippen LogP contribution in [0.3, 0.4) is 0 Å². The van der Waals surface area contributed by atoms with E-state index in [0.29, 0.717) is 5.69 Å². The molecular formula is C17H21N3O4. The van der Waals surface area contributed by atoms with Crippen molar-refractivity contribution < 1.29 is 19.1 Å². The normalized spacial score (nSPS) is 12.7. The number of rotatable bonds is 6. The lowest BCUT2D eigenvalue weighted by Crippen LogP contribution is -2.50. The molecule has 24 heavy (non-hydrogen) atoms. The molecule has 0 aromatic heterocycles. The highest BCUT2D eigenvalue weighted by atomic mass is 16.5. The van der Waals surface area contributed by atoms with Crippen LogP contribution in [0.15, 0.2) is 24.3 Å². The number of hydrogen-bond donors (Lipinski definition) is 2. The monoisotopic (exact) mass is 331 g/mol. The fourth-order valence-corrected chi connectivity index (χ4v) is 1.73. The minimum Gasteiger partial charge on any atom is -0.452 e. The average molecular weight is 331 g/mol. The molecule has 0 saturated heterocycles. The topological polar surface area (TPSA) is 108 Å². The van der Waals surface area contributed by atoms with E-state index in [4.69, 9.17) is 10.00 Å². The van der Waals surface area contributed by atoms with Crippen molar-refractivity contribution in [2.75, 3.05) is 11.9 Å². The summed E-state index contributed by atoms with van der Waals surface area (Å²) in [4.78, 5) is 34.7. The van der Waals surface area contributed by atoms with Gasteiger partial charge in [0.1, 0.15) is 5.54 Å². The molecule has 0 fully saturated rings. The van der Waals surface area contributed by atoms with E-state index in [0.717, 1.165) is 0 Å². The van der Waals surface area contributed by atoms with E-state index >= 15 is 0 Å². The Kier molecular flexibility index (Phi) is 6.48. The van der Waals surface area contributed by atoms with Gasteiger partial charge in [-0.15, -0.1) is 0 Å². The van der Waals surface area contributed by atoms with Crippen LogP contribution in [-0.4, -0.2) is 29.9 Å². The van der Waals surface area contributed by atoms with Crippen LogP contribution in [0.4, 0.5) is 5.69 Å². The van der Waals surface area contributed by atoms with Gasteiger partial charge in [0.15, 0.2) is 6.61 Å². The predicted molar refractivity (Wildman–Crippen MR) is 88.0 cm³/mol. The van der Waals surface area contributed by atoms with Crippen molar-refractivity contribution in [3.8, 4) is 6.07 Å². The number of nitriles is 1. The Morgan fingerprint density at radius 3 is 2.29 bits per heavy atom. The van der Waals surface area contributed by atoms with Crippen molar-refractivity contribution in [3.63, 3.8) is 0 Å². The fraction of sp³-hybridized carbons (Fsp3) is 0.412. The second kappa shape index (κ2) is 8.11. The standard InChI is InChI=1S/C17H21N3O4/c1-11(2)17(4,10-18)20-15(22)9-24-16(23)13-5-7-14(8-6-13)19-12(3)21/h5-8,11H,9H2,1-4H3,(H,19,21)(H,20,22)/t17-/m0/s1. The van der Waals surface area contributed by atoms with Gasteiger partial charge in [0, 0.05) is 12.6 Å². The molecule has 1 aromatic carbocycles. The maximum Gasteiger partial charge on any atom is 0.338 e. The Labute approximate surface area is 141 Å². The van der Waals surface area contributed by atoms with E-state index in [9.17, 15) is 14.4 Å². The zero-order valence-corrected chi connectivity index (χ0v) is 14.2. The van der Waals surface area contributed by atoms with Gasteiger partial charge in [-0.2, -0.15) is 5.26 Å². The molecule has 0 bridgehead atoms. The van der Waals surface area contributed by atoms with Crippen molar-refractivity contribution in [2.45, 2.75) is 33.2 Å². The van der Waals surface area contributed by atoms with Gasteiger partial charge in [-0.3, -0.25) is 9.59 Å². The molecule has 7 nitrogen and oxygen atoms in total. The average Bonchev–Trinajstić information content (AvgIpc) is 2.52. The van der Waals surface area contributed by atoms with Gasteiger partial charge in [-0.25, -0.2) is 4.79 Å². The largest absolute Gasteiger partial charge is 0.452 e. The molecule has 128 valence electrons. The molecule has 1 aromatic rings. The van der Waals surface area contributed by atoms with E-state index in [-0.39, 0.29) is 17.4 Å². The summed E-state index contributed by atoms with van der Waals surface area (Å²) >= 11 is 0. The molecule has 2 N–H and O–H groups in total. The van der Waals surface area contributed by atoms with Crippen molar-refractivity contribution in [2.24, 2.45) is 5.92 Å². The zero-order valence-electron chi connectivity index (χ0n) is 14.2. The SMILES string of the molecule is CC(=O)Nc1ccc(C(=O)OCC(=O)N[C@@](C)(C#N)C(C)C)cc1. The maximum atomic E-state index is 11.9. The van der Waals surface area contributed by atoms with Crippen molar-refractivity contribution in [1.82, 2.24) is 5.32 Å². The predicted octanol–water partition coefficient (Wildman–Crippen LogP) is 1.86. The van der Waals surface area contributed by atoms with E-state index < -0.39 is 24.0 Å². The summed E-state index contributed by atoms with van der Waals surface area (Å²) in [5.74, 6) is -1.52. The summed E-state index contributed by atoms with van der Waals surface area (Å²) in [6.45, 7) is 6.14. The second-order valence-electron chi connectivity index (χ2n) is 5.85. The highest BCUT2D eigenvalue weighted by Crippen LogP contribution is 2.15. The van der Waals surface area contributed by atoms with Gasteiger partial charge in [0.25, 0.3) is 5.91 Å². The van der Waals surface area contributed by atoms with E-state index in [1.165, 1.54) is 19.1 Å². The summed E-state index contributed by atoms with van der Waals surface area (Å²) in [5.41, 5.74) is -0.217. The molecule has 0 aliphatic rings. The van der Waals surface area contributed by atoms with Gasteiger partial charge in [0.05, 0.1) is 11.6 Å². The summed E-state index contributed by atoms with van der Waals surface area (Å²) in [6.07, 6.45) is 0. The Morgan fingerprint density at radius 2 is 1.83 bits per heavy atom. The van der Waals surface area contributed by atoms with Crippen LogP contribution in [0.5, 0.6) is 0 Å². The van der Waals surface area contributed by atoms with Gasteiger partial charge >= 0.3 is 5.97 Å². The number of nitrogens with one attached hydrogen (secondary N) is 2. The Morgan fingerprint density at radius 1 is 1.25 bits per heavy atom. The number of amides is 2.